The van der Waals surface area contributed by atoms with Crippen LogP contribution in [0.3, 0.4) is 0 Å². The molecule has 0 spiro atoms. The molecule has 1 aliphatic heterocycles. The first-order valence-corrected chi connectivity index (χ1v) is 7.70. The van der Waals surface area contributed by atoms with Gasteiger partial charge in [0.2, 0.25) is 10.0 Å². The molecular formula is C12H17N3O4S. The number of amides is 1. The fourth-order valence-electron chi connectivity index (χ4n) is 2.01. The van der Waals surface area contributed by atoms with Crippen LogP contribution in [0.15, 0.2) is 23.1 Å². The number of hydrogen-bond acceptors (Lipinski definition) is 5. The second-order valence-electron chi connectivity index (χ2n) is 4.53. The summed E-state index contributed by atoms with van der Waals surface area (Å²) in [5, 5.41) is 10.8. The highest BCUT2D eigenvalue weighted by Gasteiger charge is 2.23. The maximum absolute atomic E-state index is 12.0. The van der Waals surface area contributed by atoms with Gasteiger partial charge in [-0.15, -0.1) is 0 Å². The van der Waals surface area contributed by atoms with E-state index in [1.165, 1.54) is 12.1 Å². The Morgan fingerprint density at radius 1 is 1.50 bits per heavy atom. The lowest BCUT2D eigenvalue weighted by atomic mass is 10.2. The number of hydrogen-bond donors (Lipinski definition) is 3. The van der Waals surface area contributed by atoms with Crippen LogP contribution in [0.2, 0.25) is 0 Å². The van der Waals surface area contributed by atoms with Crippen molar-refractivity contribution in [2.24, 2.45) is 5.14 Å². The van der Waals surface area contributed by atoms with Crippen LogP contribution in [0.25, 0.3) is 0 Å². The van der Waals surface area contributed by atoms with Crippen LogP contribution < -0.4 is 15.8 Å². The predicted octanol–water partition coefficient (Wildman–Crippen LogP) is -0.431. The fourth-order valence-corrected chi connectivity index (χ4v) is 2.81. The van der Waals surface area contributed by atoms with Crippen molar-refractivity contribution in [3.8, 4) is 0 Å². The number of sulfonamides is 1. The molecule has 0 aliphatic carbocycles. The van der Waals surface area contributed by atoms with Crippen molar-refractivity contribution in [1.29, 1.82) is 0 Å². The van der Waals surface area contributed by atoms with Crippen molar-refractivity contribution >= 4 is 21.6 Å². The van der Waals surface area contributed by atoms with Crippen LogP contribution >= 0.6 is 0 Å². The molecule has 1 aliphatic rings. The third kappa shape index (κ3) is 3.34. The van der Waals surface area contributed by atoms with Crippen molar-refractivity contribution in [1.82, 2.24) is 5.32 Å². The third-order valence-corrected chi connectivity index (χ3v) is 4.12. The molecule has 8 heteroatoms. The molecule has 1 fully saturated rings. The van der Waals surface area contributed by atoms with E-state index in [0.29, 0.717) is 30.9 Å². The zero-order valence-corrected chi connectivity index (χ0v) is 11.9. The van der Waals surface area contributed by atoms with Crippen molar-refractivity contribution in [3.05, 3.63) is 23.8 Å². The molecule has 0 radical (unpaired) electrons. The van der Waals surface area contributed by atoms with E-state index in [1.807, 2.05) is 0 Å². The Balaban J connectivity index is 2.19. The normalized spacial score (nSPS) is 19.6. The van der Waals surface area contributed by atoms with Gasteiger partial charge in [0.1, 0.15) is 6.10 Å². The number of benzene rings is 1. The molecule has 0 bridgehead atoms. The summed E-state index contributed by atoms with van der Waals surface area (Å²) in [6, 6.07) is 4.56. The highest BCUT2D eigenvalue weighted by atomic mass is 32.2. The first-order valence-electron chi connectivity index (χ1n) is 6.15. The summed E-state index contributed by atoms with van der Waals surface area (Å²) >= 11 is 0. The number of carbonyl (C=O) groups is 1. The molecule has 0 saturated carbocycles. The van der Waals surface area contributed by atoms with Gasteiger partial charge in [0, 0.05) is 18.8 Å². The molecule has 1 amide bonds. The van der Waals surface area contributed by atoms with Crippen LogP contribution in [0, 0.1) is 6.92 Å². The van der Waals surface area contributed by atoms with Gasteiger partial charge in [-0.2, -0.15) is 0 Å². The van der Waals surface area contributed by atoms with Gasteiger partial charge in [0.05, 0.1) is 11.5 Å². The lowest BCUT2D eigenvalue weighted by Gasteiger charge is -2.23. The Kier molecular flexibility index (Phi) is 4.39. The number of morpholine rings is 1. The predicted molar refractivity (Wildman–Crippen MR) is 73.8 cm³/mol. The van der Waals surface area contributed by atoms with Crippen molar-refractivity contribution < 1.29 is 17.9 Å². The number of carbonyl (C=O) groups excluding carboxylic acids is 1. The minimum absolute atomic E-state index is 0.00186. The topological polar surface area (TPSA) is 111 Å². The number of nitrogens with one attached hydrogen (secondary N) is 2. The second-order valence-corrected chi connectivity index (χ2v) is 6.06. The fraction of sp³-hybridized carbons (Fsp3) is 0.417. The highest BCUT2D eigenvalue weighted by Crippen LogP contribution is 2.22. The highest BCUT2D eigenvalue weighted by molar-refractivity contribution is 7.89. The minimum atomic E-state index is -3.81. The molecule has 1 aromatic rings. The van der Waals surface area contributed by atoms with Crippen LogP contribution in [-0.4, -0.2) is 40.1 Å². The molecule has 7 nitrogen and oxygen atoms in total. The SMILES string of the molecule is Cc1c(NC(=O)C2CNCCO2)cccc1S(N)(=O)=O. The lowest BCUT2D eigenvalue weighted by Crippen LogP contribution is -2.45. The Hall–Kier alpha value is -1.48. The van der Waals surface area contributed by atoms with E-state index in [2.05, 4.69) is 10.6 Å². The van der Waals surface area contributed by atoms with E-state index in [0.717, 1.165) is 0 Å². The van der Waals surface area contributed by atoms with Gasteiger partial charge in [0.25, 0.3) is 5.91 Å². The smallest absolute Gasteiger partial charge is 0.254 e. The first-order chi connectivity index (χ1) is 9.39. The number of ether oxygens (including phenoxy) is 1. The summed E-state index contributed by atoms with van der Waals surface area (Å²) < 4.78 is 28.2. The van der Waals surface area contributed by atoms with Crippen LogP contribution in [0.1, 0.15) is 5.56 Å². The maximum atomic E-state index is 12.0. The molecule has 110 valence electrons. The molecular weight excluding hydrogens is 282 g/mol. The maximum Gasteiger partial charge on any atom is 0.254 e. The average Bonchev–Trinajstić information content (AvgIpc) is 2.40. The van der Waals surface area contributed by atoms with Crippen LogP contribution in [0.4, 0.5) is 5.69 Å². The molecule has 2 rings (SSSR count). The Labute approximate surface area is 117 Å². The van der Waals surface area contributed by atoms with E-state index in [1.54, 1.807) is 13.0 Å². The molecule has 20 heavy (non-hydrogen) atoms. The number of anilines is 1. The summed E-state index contributed by atoms with van der Waals surface area (Å²) in [5.74, 6) is -0.313. The van der Waals surface area contributed by atoms with Crippen molar-refractivity contribution in [2.75, 3.05) is 25.0 Å². The van der Waals surface area contributed by atoms with Gasteiger partial charge in [0.15, 0.2) is 0 Å². The number of rotatable bonds is 3. The third-order valence-electron chi connectivity index (χ3n) is 3.07. The summed E-state index contributed by atoms with van der Waals surface area (Å²) in [4.78, 5) is 12.0. The quantitative estimate of drug-likeness (QED) is 0.701. The van der Waals surface area contributed by atoms with Gasteiger partial charge in [-0.05, 0) is 24.6 Å². The van der Waals surface area contributed by atoms with Crippen molar-refractivity contribution in [3.63, 3.8) is 0 Å². The van der Waals surface area contributed by atoms with E-state index >= 15 is 0 Å². The lowest BCUT2D eigenvalue weighted by molar-refractivity contribution is -0.128. The minimum Gasteiger partial charge on any atom is -0.366 e. The molecule has 1 heterocycles. The van der Waals surface area contributed by atoms with E-state index in [9.17, 15) is 13.2 Å². The monoisotopic (exact) mass is 299 g/mol. The summed E-state index contributed by atoms with van der Waals surface area (Å²) in [7, 11) is -3.81. The molecule has 4 N–H and O–H groups in total. The van der Waals surface area contributed by atoms with Gasteiger partial charge >= 0.3 is 0 Å². The second kappa shape index (κ2) is 5.88. The molecule has 0 aromatic heterocycles. The van der Waals surface area contributed by atoms with E-state index in [4.69, 9.17) is 9.88 Å². The van der Waals surface area contributed by atoms with Crippen LogP contribution in [-0.2, 0) is 19.6 Å². The van der Waals surface area contributed by atoms with Gasteiger partial charge in [-0.25, -0.2) is 13.6 Å². The Morgan fingerprint density at radius 2 is 2.25 bits per heavy atom. The summed E-state index contributed by atoms with van der Waals surface area (Å²) in [5.41, 5.74) is 0.822. The van der Waals surface area contributed by atoms with Crippen molar-refractivity contribution in [2.45, 2.75) is 17.9 Å². The standard InChI is InChI=1S/C12H17N3O4S/c1-8-9(3-2-4-11(8)20(13,17)18)15-12(16)10-7-14-5-6-19-10/h2-4,10,14H,5-7H2,1H3,(H,15,16)(H2,13,17,18). The largest absolute Gasteiger partial charge is 0.366 e. The number of primary sulfonamides is 1. The van der Waals surface area contributed by atoms with Gasteiger partial charge in [-0.3, -0.25) is 4.79 Å². The van der Waals surface area contributed by atoms with Gasteiger partial charge in [-0.1, -0.05) is 6.07 Å². The molecule has 1 unspecified atom stereocenters. The van der Waals surface area contributed by atoms with E-state index in [-0.39, 0.29) is 10.8 Å². The van der Waals surface area contributed by atoms with E-state index < -0.39 is 16.1 Å². The first kappa shape index (κ1) is 14.9. The zero-order valence-electron chi connectivity index (χ0n) is 11.0. The summed E-state index contributed by atoms with van der Waals surface area (Å²) in [6.45, 7) is 3.20. The number of nitrogens with two attached hydrogens (primary N) is 1. The zero-order chi connectivity index (χ0) is 14.8. The summed E-state index contributed by atoms with van der Waals surface area (Å²) in [6.07, 6.45) is -0.582. The molecule has 1 saturated heterocycles. The van der Waals surface area contributed by atoms with Gasteiger partial charge < -0.3 is 15.4 Å². The Bertz CT molecular complexity index is 609. The average molecular weight is 299 g/mol. The van der Waals surface area contributed by atoms with Crippen LogP contribution in [0.5, 0.6) is 0 Å². The molecule has 1 aromatic carbocycles. The Morgan fingerprint density at radius 3 is 2.85 bits per heavy atom. The molecule has 1 atom stereocenters.